The second-order valence-corrected chi connectivity index (χ2v) is 9.07. The van der Waals surface area contributed by atoms with Crippen molar-refractivity contribution in [1.82, 2.24) is 5.43 Å². The summed E-state index contributed by atoms with van der Waals surface area (Å²) in [6.45, 7) is 4.76. The van der Waals surface area contributed by atoms with Crippen LogP contribution >= 0.6 is 0 Å². The third kappa shape index (κ3) is 9.25. The smallest absolute Gasteiger partial charge is 0.343 e. The molecule has 210 valence electrons. The molecule has 1 atom stereocenters. The van der Waals surface area contributed by atoms with Crippen LogP contribution in [0.25, 0.3) is 0 Å². The topological polar surface area (TPSA) is 95.5 Å². The zero-order valence-corrected chi connectivity index (χ0v) is 23.0. The van der Waals surface area contributed by atoms with Gasteiger partial charge in [0.1, 0.15) is 29.6 Å². The monoisotopic (exact) mass is 552 g/mol. The first-order valence-corrected chi connectivity index (χ1v) is 13.3. The zero-order valence-electron chi connectivity index (χ0n) is 23.0. The summed E-state index contributed by atoms with van der Waals surface area (Å²) in [4.78, 5) is 24.8. The van der Waals surface area contributed by atoms with Crippen molar-refractivity contribution in [3.63, 3.8) is 0 Å². The van der Waals surface area contributed by atoms with Crippen LogP contribution in [0.5, 0.6) is 23.0 Å². The largest absolute Gasteiger partial charge is 0.494 e. The van der Waals surface area contributed by atoms with E-state index in [0.717, 1.165) is 12.0 Å². The molecule has 0 bridgehead atoms. The van der Waals surface area contributed by atoms with Crippen molar-refractivity contribution in [1.29, 1.82) is 0 Å². The van der Waals surface area contributed by atoms with Crippen LogP contribution in [-0.2, 0) is 11.4 Å². The number of rotatable bonds is 13. The van der Waals surface area contributed by atoms with E-state index in [4.69, 9.17) is 18.9 Å². The van der Waals surface area contributed by atoms with E-state index in [1.807, 2.05) is 37.3 Å². The van der Waals surface area contributed by atoms with E-state index in [2.05, 4.69) is 10.5 Å². The molecule has 0 unspecified atom stereocenters. The molecule has 0 spiro atoms. The molecule has 4 rings (SSSR count). The number of carbonyl (C=O) groups is 2. The minimum Gasteiger partial charge on any atom is -0.494 e. The normalized spacial score (nSPS) is 11.5. The SMILES string of the molecule is CCCOc1ccc(C(=O)Oc2ccc(/C=N\NC(=O)[C@@H](C)Oc3ccc(OCc4ccccc4)cc3)cc2)cc1. The second-order valence-electron chi connectivity index (χ2n) is 9.07. The van der Waals surface area contributed by atoms with Gasteiger partial charge in [-0.2, -0.15) is 5.10 Å². The fourth-order valence-electron chi connectivity index (χ4n) is 3.57. The highest BCUT2D eigenvalue weighted by Crippen LogP contribution is 2.20. The van der Waals surface area contributed by atoms with Crippen molar-refractivity contribution >= 4 is 18.1 Å². The Morgan fingerprint density at radius 3 is 2.07 bits per heavy atom. The van der Waals surface area contributed by atoms with E-state index in [1.165, 1.54) is 6.21 Å². The van der Waals surface area contributed by atoms with Gasteiger partial charge >= 0.3 is 5.97 Å². The number of amides is 1. The van der Waals surface area contributed by atoms with Crippen molar-refractivity contribution in [3.8, 4) is 23.0 Å². The van der Waals surface area contributed by atoms with Crippen molar-refractivity contribution in [3.05, 3.63) is 120 Å². The average Bonchev–Trinajstić information content (AvgIpc) is 3.01. The van der Waals surface area contributed by atoms with E-state index >= 15 is 0 Å². The number of benzene rings is 4. The van der Waals surface area contributed by atoms with E-state index in [0.29, 0.717) is 47.3 Å². The molecule has 1 N–H and O–H groups in total. The Bertz CT molecular complexity index is 1420. The maximum atomic E-state index is 12.4. The highest BCUT2D eigenvalue weighted by Gasteiger charge is 2.14. The van der Waals surface area contributed by atoms with E-state index in [-0.39, 0.29) is 0 Å². The molecule has 0 aliphatic rings. The molecule has 8 nitrogen and oxygen atoms in total. The summed E-state index contributed by atoms with van der Waals surface area (Å²) in [5.74, 6) is 1.47. The van der Waals surface area contributed by atoms with E-state index in [1.54, 1.807) is 79.7 Å². The Balaban J connectivity index is 1.20. The standard InChI is InChI=1S/C33H32N2O6/c1-3-21-38-28-15-11-27(12-16-28)33(37)41-31-13-9-25(10-14-31)22-34-35-32(36)24(2)40-30-19-17-29(18-20-30)39-23-26-7-5-4-6-8-26/h4-20,22,24H,3,21,23H2,1-2H3,(H,35,36)/b34-22-/t24-/m1/s1. The molecular formula is C33H32N2O6. The molecule has 0 radical (unpaired) electrons. The number of esters is 1. The van der Waals surface area contributed by atoms with Crippen LogP contribution in [0.3, 0.4) is 0 Å². The molecule has 1 amide bonds. The zero-order chi connectivity index (χ0) is 28.9. The van der Waals surface area contributed by atoms with Gasteiger partial charge < -0.3 is 18.9 Å². The third-order valence-electron chi connectivity index (χ3n) is 5.80. The lowest BCUT2D eigenvalue weighted by molar-refractivity contribution is -0.127. The Morgan fingerprint density at radius 1 is 0.780 bits per heavy atom. The van der Waals surface area contributed by atoms with Crippen LogP contribution in [0.15, 0.2) is 108 Å². The lowest BCUT2D eigenvalue weighted by Gasteiger charge is -2.13. The molecule has 41 heavy (non-hydrogen) atoms. The van der Waals surface area contributed by atoms with Gasteiger partial charge in [0.25, 0.3) is 5.91 Å². The maximum absolute atomic E-state index is 12.4. The summed E-state index contributed by atoms with van der Waals surface area (Å²) in [6.07, 6.45) is 1.63. The van der Waals surface area contributed by atoms with E-state index < -0.39 is 18.0 Å². The summed E-state index contributed by atoms with van der Waals surface area (Å²) in [5, 5.41) is 3.99. The molecule has 4 aromatic rings. The predicted molar refractivity (Wildman–Crippen MR) is 157 cm³/mol. The summed E-state index contributed by atoms with van der Waals surface area (Å²) in [6, 6.07) is 30.5. The number of nitrogens with zero attached hydrogens (tertiary/aromatic N) is 1. The van der Waals surface area contributed by atoms with Crippen molar-refractivity contribution in [2.45, 2.75) is 33.0 Å². The van der Waals surface area contributed by atoms with Crippen molar-refractivity contribution in [2.75, 3.05) is 6.61 Å². The Morgan fingerprint density at radius 2 is 1.39 bits per heavy atom. The Hall–Kier alpha value is -5.11. The van der Waals surface area contributed by atoms with Gasteiger partial charge in [-0.05, 0) is 97.3 Å². The van der Waals surface area contributed by atoms with Crippen LogP contribution < -0.4 is 24.4 Å². The lowest BCUT2D eigenvalue weighted by atomic mass is 10.2. The molecule has 0 aliphatic heterocycles. The number of hydrogen-bond acceptors (Lipinski definition) is 7. The summed E-state index contributed by atoms with van der Waals surface area (Å²) in [5.41, 5.74) is 4.68. The maximum Gasteiger partial charge on any atom is 0.343 e. The first-order valence-electron chi connectivity index (χ1n) is 13.3. The minimum absolute atomic E-state index is 0.390. The lowest BCUT2D eigenvalue weighted by Crippen LogP contribution is -2.33. The van der Waals surface area contributed by atoms with E-state index in [9.17, 15) is 9.59 Å². The van der Waals surface area contributed by atoms with Crippen molar-refractivity contribution < 1.29 is 28.5 Å². The number of hydrogen-bond donors (Lipinski definition) is 1. The van der Waals surface area contributed by atoms with Crippen LogP contribution in [-0.4, -0.2) is 30.8 Å². The summed E-state index contributed by atoms with van der Waals surface area (Å²) < 4.78 is 22.4. The predicted octanol–water partition coefficient (Wildman–Crippen LogP) is 6.19. The molecular weight excluding hydrogens is 520 g/mol. The Labute approximate surface area is 239 Å². The second kappa shape index (κ2) is 14.9. The van der Waals surface area contributed by atoms with Crippen LogP contribution in [0.4, 0.5) is 0 Å². The molecule has 8 heteroatoms. The quantitative estimate of drug-likeness (QED) is 0.0920. The van der Waals surface area contributed by atoms with Crippen LogP contribution in [0, 0.1) is 0 Å². The van der Waals surface area contributed by atoms with Crippen LogP contribution in [0.2, 0.25) is 0 Å². The number of nitrogens with one attached hydrogen (secondary N) is 1. The third-order valence-corrected chi connectivity index (χ3v) is 5.80. The highest BCUT2D eigenvalue weighted by molar-refractivity contribution is 5.91. The molecule has 4 aromatic carbocycles. The number of hydrazone groups is 1. The van der Waals surface area contributed by atoms with Gasteiger partial charge in [-0.1, -0.05) is 37.3 Å². The minimum atomic E-state index is -0.766. The van der Waals surface area contributed by atoms with Gasteiger partial charge in [0.15, 0.2) is 6.10 Å². The van der Waals surface area contributed by atoms with Gasteiger partial charge in [-0.25, -0.2) is 10.2 Å². The summed E-state index contributed by atoms with van der Waals surface area (Å²) >= 11 is 0. The number of carbonyl (C=O) groups excluding carboxylic acids is 2. The fourth-order valence-corrected chi connectivity index (χ4v) is 3.57. The highest BCUT2D eigenvalue weighted by atomic mass is 16.5. The Kier molecular flexibility index (Phi) is 10.5. The van der Waals surface area contributed by atoms with Crippen molar-refractivity contribution in [2.24, 2.45) is 5.10 Å². The molecule has 0 saturated carbocycles. The molecule has 0 heterocycles. The fraction of sp³-hybridized carbons (Fsp3) is 0.182. The molecule has 0 fully saturated rings. The number of ether oxygens (including phenoxy) is 4. The molecule has 0 aromatic heterocycles. The van der Waals surface area contributed by atoms with Gasteiger partial charge in [-0.15, -0.1) is 0 Å². The summed E-state index contributed by atoms with van der Waals surface area (Å²) in [7, 11) is 0. The van der Waals surface area contributed by atoms with Crippen LogP contribution in [0.1, 0.15) is 41.8 Å². The first kappa shape index (κ1) is 28.9. The van der Waals surface area contributed by atoms with Gasteiger partial charge in [0.2, 0.25) is 0 Å². The average molecular weight is 553 g/mol. The van der Waals surface area contributed by atoms with Gasteiger partial charge in [0, 0.05) is 0 Å². The molecule has 0 saturated heterocycles. The molecule has 0 aliphatic carbocycles. The van der Waals surface area contributed by atoms with Gasteiger partial charge in [-0.3, -0.25) is 4.79 Å². The van der Waals surface area contributed by atoms with Gasteiger partial charge in [0.05, 0.1) is 18.4 Å². The first-order chi connectivity index (χ1) is 20.0.